The number of rotatable bonds is 6. The number of hydrogen-bond donors (Lipinski definition) is 0. The Morgan fingerprint density at radius 3 is 2.00 bits per heavy atom. The van der Waals surface area contributed by atoms with Crippen molar-refractivity contribution < 1.29 is 18.1 Å². The zero-order valence-corrected chi connectivity index (χ0v) is 9.49. The summed E-state index contributed by atoms with van der Waals surface area (Å²) in [4.78, 5) is 10.3. The van der Waals surface area contributed by atoms with E-state index in [1.165, 1.54) is 0 Å². The van der Waals surface area contributed by atoms with Gasteiger partial charge >= 0.3 is 8.80 Å². The molecule has 0 aliphatic carbocycles. The number of allylic oxidation sites excluding steroid dienone is 2. The summed E-state index contributed by atoms with van der Waals surface area (Å²) >= 11 is 0. The normalized spacial score (nSPS) is 13.1. The van der Waals surface area contributed by atoms with E-state index >= 15 is 0 Å². The van der Waals surface area contributed by atoms with Gasteiger partial charge in [-0.15, -0.1) is 0 Å². The first-order chi connectivity index (χ1) is 6.14. The van der Waals surface area contributed by atoms with Crippen LogP contribution in [0.2, 0.25) is 6.04 Å². The van der Waals surface area contributed by atoms with Crippen LogP contribution in [0.3, 0.4) is 0 Å². The first-order valence-corrected chi connectivity index (χ1v) is 5.84. The Labute approximate surface area is 79.9 Å². The van der Waals surface area contributed by atoms with Gasteiger partial charge in [0.15, 0.2) is 0 Å². The molecule has 0 aromatic rings. The molecule has 0 N–H and O–H groups in total. The maximum Gasteiger partial charge on any atom is 0.504 e. The molecule has 0 fully saturated rings. The lowest BCUT2D eigenvalue weighted by Gasteiger charge is -2.22. The third-order valence-corrected chi connectivity index (χ3v) is 4.36. The fourth-order valence-corrected chi connectivity index (χ4v) is 2.41. The van der Waals surface area contributed by atoms with Crippen molar-refractivity contribution >= 4 is 15.1 Å². The van der Waals surface area contributed by atoms with Crippen LogP contribution in [0.5, 0.6) is 0 Å². The van der Waals surface area contributed by atoms with Crippen LogP contribution >= 0.6 is 0 Å². The number of carbonyl (C=O) groups is 1. The fourth-order valence-electron chi connectivity index (χ4n) is 0.834. The maximum absolute atomic E-state index is 10.3. The molecule has 0 aromatic heterocycles. The van der Waals surface area contributed by atoms with E-state index in [9.17, 15) is 4.79 Å². The molecule has 0 radical (unpaired) electrons. The van der Waals surface area contributed by atoms with Gasteiger partial charge in [0.1, 0.15) is 6.29 Å². The molecule has 0 aliphatic rings. The minimum Gasteiger partial charge on any atom is -0.377 e. The van der Waals surface area contributed by atoms with Gasteiger partial charge in [0.25, 0.3) is 0 Å². The van der Waals surface area contributed by atoms with Gasteiger partial charge in [0.2, 0.25) is 0 Å². The van der Waals surface area contributed by atoms with Gasteiger partial charge < -0.3 is 13.3 Å². The van der Waals surface area contributed by atoms with Gasteiger partial charge in [-0.05, 0) is 12.5 Å². The summed E-state index contributed by atoms with van der Waals surface area (Å²) in [6.07, 6.45) is 2.55. The lowest BCUT2D eigenvalue weighted by molar-refractivity contribution is -0.104. The van der Waals surface area contributed by atoms with Crippen LogP contribution in [0.15, 0.2) is 11.6 Å². The Hall–Kier alpha value is -0.493. The van der Waals surface area contributed by atoms with Gasteiger partial charge in [-0.25, -0.2) is 0 Å². The summed E-state index contributed by atoms with van der Waals surface area (Å²) in [5.41, 5.74) is 0.656. The highest BCUT2D eigenvalue weighted by Crippen LogP contribution is 2.13. The molecule has 4 nitrogen and oxygen atoms in total. The molecular weight excluding hydrogens is 188 g/mol. The maximum atomic E-state index is 10.3. The van der Waals surface area contributed by atoms with Crippen molar-refractivity contribution in [1.29, 1.82) is 0 Å². The molecule has 76 valence electrons. The third kappa shape index (κ3) is 3.82. The smallest absolute Gasteiger partial charge is 0.377 e. The molecule has 0 saturated heterocycles. The van der Waals surface area contributed by atoms with Crippen LogP contribution in [0.1, 0.15) is 6.92 Å². The van der Waals surface area contributed by atoms with Gasteiger partial charge in [-0.1, -0.05) is 6.08 Å². The van der Waals surface area contributed by atoms with Crippen molar-refractivity contribution in [2.24, 2.45) is 0 Å². The Balaban J connectivity index is 4.33. The molecule has 0 spiro atoms. The molecule has 0 saturated carbocycles. The van der Waals surface area contributed by atoms with Gasteiger partial charge in [0.05, 0.1) is 0 Å². The topological polar surface area (TPSA) is 44.8 Å². The largest absolute Gasteiger partial charge is 0.504 e. The van der Waals surface area contributed by atoms with E-state index in [0.717, 1.165) is 6.29 Å². The average Bonchev–Trinajstić information content (AvgIpc) is 2.20. The highest BCUT2D eigenvalue weighted by atomic mass is 28.4. The fraction of sp³-hybridized carbons (Fsp3) is 0.625. The van der Waals surface area contributed by atoms with Crippen LogP contribution in [0.4, 0.5) is 0 Å². The highest BCUT2D eigenvalue weighted by molar-refractivity contribution is 6.61. The summed E-state index contributed by atoms with van der Waals surface area (Å²) in [5, 5.41) is 0. The first kappa shape index (κ1) is 12.5. The Morgan fingerprint density at radius 1 is 1.23 bits per heavy atom. The Morgan fingerprint density at radius 2 is 1.69 bits per heavy atom. The quantitative estimate of drug-likeness (QED) is 0.368. The second-order valence-electron chi connectivity index (χ2n) is 2.57. The van der Waals surface area contributed by atoms with Crippen LogP contribution in [-0.4, -0.2) is 36.4 Å². The number of carbonyl (C=O) groups excluding carboxylic acids is 1. The molecule has 0 atom stereocenters. The van der Waals surface area contributed by atoms with Crippen LogP contribution in [0.25, 0.3) is 0 Å². The van der Waals surface area contributed by atoms with E-state index in [0.29, 0.717) is 11.6 Å². The third-order valence-electron chi connectivity index (χ3n) is 1.79. The summed E-state index contributed by atoms with van der Waals surface area (Å²) in [5.74, 6) is 0. The van der Waals surface area contributed by atoms with Gasteiger partial charge in [-0.2, -0.15) is 0 Å². The van der Waals surface area contributed by atoms with Gasteiger partial charge in [-0.3, -0.25) is 4.79 Å². The van der Waals surface area contributed by atoms with Crippen molar-refractivity contribution in [3.63, 3.8) is 0 Å². The summed E-state index contributed by atoms with van der Waals surface area (Å²) in [7, 11) is 2.10. The molecule has 13 heavy (non-hydrogen) atoms. The van der Waals surface area contributed by atoms with Gasteiger partial charge in [0, 0.05) is 27.4 Å². The van der Waals surface area contributed by atoms with Crippen LogP contribution in [-0.2, 0) is 18.1 Å². The predicted octanol–water partition coefficient (Wildman–Crippen LogP) is 1.01. The van der Waals surface area contributed by atoms with Crippen molar-refractivity contribution in [1.82, 2.24) is 0 Å². The van der Waals surface area contributed by atoms with Crippen molar-refractivity contribution in [3.8, 4) is 0 Å². The molecule has 0 aliphatic heterocycles. The average molecular weight is 204 g/mol. The zero-order chi connectivity index (χ0) is 10.3. The first-order valence-electron chi connectivity index (χ1n) is 3.91. The lowest BCUT2D eigenvalue weighted by atomic mass is 10.3. The molecule has 5 heteroatoms. The molecule has 0 unspecified atom stereocenters. The standard InChI is InChI=1S/C8H16O4Si/c1-8(7-9)5-6-13(10-2,11-3)12-4/h5,7H,6H2,1-4H3. The zero-order valence-electron chi connectivity index (χ0n) is 8.49. The molecule has 0 aromatic carbocycles. The van der Waals surface area contributed by atoms with E-state index in [1.807, 2.05) is 0 Å². The second-order valence-corrected chi connectivity index (χ2v) is 5.56. The molecule has 0 heterocycles. The molecule has 0 amide bonds. The van der Waals surface area contributed by atoms with Crippen molar-refractivity contribution in [3.05, 3.63) is 11.6 Å². The molecular formula is C8H16O4Si. The van der Waals surface area contributed by atoms with Crippen LogP contribution in [0, 0.1) is 0 Å². The van der Waals surface area contributed by atoms with Crippen molar-refractivity contribution in [2.75, 3.05) is 21.3 Å². The van der Waals surface area contributed by atoms with Crippen molar-refractivity contribution in [2.45, 2.75) is 13.0 Å². The lowest BCUT2D eigenvalue weighted by Crippen LogP contribution is -2.42. The summed E-state index contributed by atoms with van der Waals surface area (Å²) in [6.45, 7) is 1.73. The van der Waals surface area contributed by atoms with E-state index < -0.39 is 8.80 Å². The van der Waals surface area contributed by atoms with E-state index in [-0.39, 0.29) is 0 Å². The SMILES string of the molecule is CO[Si](CC=C(C)C=O)(OC)OC. The Bertz CT molecular complexity index is 178. The Kier molecular flexibility index (Phi) is 5.81. The molecule has 0 rings (SSSR count). The highest BCUT2D eigenvalue weighted by Gasteiger charge is 2.36. The second kappa shape index (κ2) is 6.04. The monoisotopic (exact) mass is 204 g/mol. The minimum atomic E-state index is -2.53. The minimum absolute atomic E-state index is 0.515. The number of hydrogen-bond acceptors (Lipinski definition) is 4. The van der Waals surface area contributed by atoms with E-state index in [4.69, 9.17) is 13.3 Å². The predicted molar refractivity (Wildman–Crippen MR) is 51.4 cm³/mol. The summed E-state index contributed by atoms with van der Waals surface area (Å²) < 4.78 is 15.5. The van der Waals surface area contributed by atoms with E-state index in [2.05, 4.69) is 0 Å². The summed E-state index contributed by atoms with van der Waals surface area (Å²) in [6, 6.07) is 0.515. The van der Waals surface area contributed by atoms with Crippen LogP contribution < -0.4 is 0 Å². The number of aldehydes is 1. The van der Waals surface area contributed by atoms with E-state index in [1.54, 1.807) is 34.3 Å². The molecule has 0 bridgehead atoms.